The molecular formula is C13H17ClO4S. The molecule has 0 aromatic heterocycles. The van der Waals surface area contributed by atoms with Gasteiger partial charge in [-0.25, -0.2) is 8.42 Å². The van der Waals surface area contributed by atoms with Gasteiger partial charge < -0.3 is 9.47 Å². The third kappa shape index (κ3) is 4.09. The van der Waals surface area contributed by atoms with Crippen LogP contribution in [-0.2, 0) is 19.5 Å². The normalized spacial score (nSPS) is 17.4. The third-order valence-corrected chi connectivity index (χ3v) is 4.31. The standard InChI is InChI=1S/C13H17ClO4S/c1-17-13-3-2-11(10-4-6-18-7-5-10)8-12(13)9-19(14,15)16/h2-3,8,10H,4-7,9H2,1H3. The highest BCUT2D eigenvalue weighted by atomic mass is 35.7. The highest BCUT2D eigenvalue weighted by Gasteiger charge is 2.19. The van der Waals surface area contributed by atoms with E-state index < -0.39 is 9.05 Å². The maximum Gasteiger partial charge on any atom is 0.236 e. The minimum absolute atomic E-state index is 0.214. The number of methoxy groups -OCH3 is 1. The van der Waals surface area contributed by atoms with Crippen LogP contribution in [0.5, 0.6) is 5.75 Å². The fraction of sp³-hybridized carbons (Fsp3) is 0.538. The van der Waals surface area contributed by atoms with Gasteiger partial charge in [0.15, 0.2) is 0 Å². The van der Waals surface area contributed by atoms with E-state index in [1.54, 1.807) is 0 Å². The van der Waals surface area contributed by atoms with Crippen LogP contribution in [0.25, 0.3) is 0 Å². The summed E-state index contributed by atoms with van der Waals surface area (Å²) in [5, 5.41) is 0. The van der Waals surface area contributed by atoms with E-state index in [2.05, 4.69) is 0 Å². The molecule has 1 fully saturated rings. The van der Waals surface area contributed by atoms with Crippen molar-refractivity contribution in [2.24, 2.45) is 0 Å². The van der Waals surface area contributed by atoms with Crippen LogP contribution in [0.15, 0.2) is 18.2 Å². The van der Waals surface area contributed by atoms with Crippen molar-refractivity contribution < 1.29 is 17.9 Å². The molecule has 0 N–H and O–H groups in total. The summed E-state index contributed by atoms with van der Waals surface area (Å²) in [6.45, 7) is 1.50. The predicted molar refractivity (Wildman–Crippen MR) is 74.3 cm³/mol. The first-order chi connectivity index (χ1) is 8.99. The lowest BCUT2D eigenvalue weighted by Gasteiger charge is -2.23. The molecule has 4 nitrogen and oxygen atoms in total. The van der Waals surface area contributed by atoms with Crippen LogP contribution in [-0.4, -0.2) is 28.7 Å². The van der Waals surface area contributed by atoms with Crippen molar-refractivity contribution in [2.75, 3.05) is 20.3 Å². The topological polar surface area (TPSA) is 52.6 Å². The summed E-state index contributed by atoms with van der Waals surface area (Å²) in [7, 11) is 3.26. The summed E-state index contributed by atoms with van der Waals surface area (Å²) < 4.78 is 33.0. The number of halogens is 1. The van der Waals surface area contributed by atoms with E-state index in [1.165, 1.54) is 7.11 Å². The Hall–Kier alpha value is -0.780. The summed E-state index contributed by atoms with van der Waals surface area (Å²) >= 11 is 0. The molecule has 1 aromatic rings. The second kappa shape index (κ2) is 6.11. The number of hydrogen-bond acceptors (Lipinski definition) is 4. The van der Waals surface area contributed by atoms with E-state index in [4.69, 9.17) is 20.2 Å². The Bertz CT molecular complexity index is 536. The Morgan fingerprint density at radius 1 is 1.37 bits per heavy atom. The largest absolute Gasteiger partial charge is 0.496 e. The first-order valence-electron chi connectivity index (χ1n) is 6.16. The Morgan fingerprint density at radius 2 is 2.05 bits per heavy atom. The zero-order chi connectivity index (χ0) is 13.9. The van der Waals surface area contributed by atoms with E-state index in [0.717, 1.165) is 31.6 Å². The number of hydrogen-bond donors (Lipinski definition) is 0. The molecule has 0 saturated carbocycles. The fourth-order valence-corrected chi connectivity index (χ4v) is 3.33. The Balaban J connectivity index is 2.29. The van der Waals surface area contributed by atoms with Gasteiger partial charge in [-0.2, -0.15) is 0 Å². The van der Waals surface area contributed by atoms with Gasteiger partial charge in [-0.1, -0.05) is 12.1 Å². The molecular weight excluding hydrogens is 288 g/mol. The average Bonchev–Trinajstić information content (AvgIpc) is 2.38. The maximum absolute atomic E-state index is 11.2. The first kappa shape index (κ1) is 14.6. The zero-order valence-corrected chi connectivity index (χ0v) is 12.3. The quantitative estimate of drug-likeness (QED) is 0.803. The molecule has 0 radical (unpaired) electrons. The maximum atomic E-state index is 11.2. The number of ether oxygens (including phenoxy) is 2. The molecule has 1 heterocycles. The van der Waals surface area contributed by atoms with Crippen LogP contribution in [0.2, 0.25) is 0 Å². The second-order valence-electron chi connectivity index (χ2n) is 4.64. The number of rotatable bonds is 4. The average molecular weight is 305 g/mol. The van der Waals surface area contributed by atoms with Gasteiger partial charge in [0, 0.05) is 29.5 Å². The first-order valence-corrected chi connectivity index (χ1v) is 8.64. The molecule has 1 saturated heterocycles. The van der Waals surface area contributed by atoms with E-state index in [1.807, 2.05) is 18.2 Å². The van der Waals surface area contributed by atoms with E-state index >= 15 is 0 Å². The van der Waals surface area contributed by atoms with Gasteiger partial charge in [-0.3, -0.25) is 0 Å². The molecule has 0 atom stereocenters. The van der Waals surface area contributed by atoms with Crippen molar-refractivity contribution in [3.05, 3.63) is 29.3 Å². The van der Waals surface area contributed by atoms with Crippen LogP contribution in [0.3, 0.4) is 0 Å². The van der Waals surface area contributed by atoms with E-state index in [0.29, 0.717) is 17.2 Å². The molecule has 0 spiro atoms. The molecule has 1 aliphatic rings. The summed E-state index contributed by atoms with van der Waals surface area (Å²) in [6.07, 6.45) is 1.92. The van der Waals surface area contributed by atoms with Crippen molar-refractivity contribution in [2.45, 2.75) is 24.5 Å². The molecule has 0 amide bonds. The zero-order valence-electron chi connectivity index (χ0n) is 10.8. The van der Waals surface area contributed by atoms with E-state index in [9.17, 15) is 8.42 Å². The van der Waals surface area contributed by atoms with Crippen molar-refractivity contribution in [1.29, 1.82) is 0 Å². The van der Waals surface area contributed by atoms with Crippen LogP contribution >= 0.6 is 10.7 Å². The lowest BCUT2D eigenvalue weighted by atomic mass is 9.91. The molecule has 0 aliphatic carbocycles. The van der Waals surface area contributed by atoms with Gasteiger partial charge in [-0.15, -0.1) is 0 Å². The highest BCUT2D eigenvalue weighted by molar-refractivity contribution is 8.13. The van der Waals surface area contributed by atoms with Crippen LogP contribution in [0, 0.1) is 0 Å². The van der Waals surface area contributed by atoms with Crippen molar-refractivity contribution in [1.82, 2.24) is 0 Å². The van der Waals surface area contributed by atoms with Crippen molar-refractivity contribution in [3.8, 4) is 5.75 Å². The monoisotopic (exact) mass is 304 g/mol. The molecule has 6 heteroatoms. The molecule has 106 valence electrons. The highest BCUT2D eigenvalue weighted by Crippen LogP contribution is 2.31. The summed E-state index contributed by atoms with van der Waals surface area (Å²) in [6, 6.07) is 5.68. The molecule has 1 aliphatic heterocycles. The van der Waals surface area contributed by atoms with Gasteiger partial charge in [0.2, 0.25) is 9.05 Å². The molecule has 2 rings (SSSR count). The van der Waals surface area contributed by atoms with Crippen molar-refractivity contribution in [3.63, 3.8) is 0 Å². The Kier molecular flexibility index (Phi) is 4.71. The molecule has 0 unspecified atom stereocenters. The summed E-state index contributed by atoms with van der Waals surface area (Å²) in [4.78, 5) is 0. The second-order valence-corrected chi connectivity index (χ2v) is 7.42. The van der Waals surface area contributed by atoms with Gasteiger partial charge in [0.1, 0.15) is 5.75 Å². The van der Waals surface area contributed by atoms with Gasteiger partial charge in [0.05, 0.1) is 12.9 Å². The lowest BCUT2D eigenvalue weighted by molar-refractivity contribution is 0.0853. The smallest absolute Gasteiger partial charge is 0.236 e. The molecule has 1 aromatic carbocycles. The van der Waals surface area contributed by atoms with Crippen LogP contribution < -0.4 is 4.74 Å². The van der Waals surface area contributed by atoms with Gasteiger partial charge in [-0.05, 0) is 30.4 Å². The predicted octanol–water partition coefficient (Wildman–Crippen LogP) is 2.66. The molecule has 19 heavy (non-hydrogen) atoms. The Labute approximate surface area is 118 Å². The van der Waals surface area contributed by atoms with Gasteiger partial charge in [0.25, 0.3) is 0 Å². The Morgan fingerprint density at radius 3 is 2.63 bits per heavy atom. The lowest BCUT2D eigenvalue weighted by Crippen LogP contribution is -2.14. The minimum atomic E-state index is -3.59. The van der Waals surface area contributed by atoms with Crippen molar-refractivity contribution >= 4 is 19.7 Å². The number of benzene rings is 1. The minimum Gasteiger partial charge on any atom is -0.496 e. The van der Waals surface area contributed by atoms with Gasteiger partial charge >= 0.3 is 0 Å². The summed E-state index contributed by atoms with van der Waals surface area (Å²) in [5.41, 5.74) is 1.74. The molecule has 0 bridgehead atoms. The SMILES string of the molecule is COc1ccc(C2CCOCC2)cc1CS(=O)(=O)Cl. The van der Waals surface area contributed by atoms with Crippen LogP contribution in [0.4, 0.5) is 0 Å². The van der Waals surface area contributed by atoms with E-state index in [-0.39, 0.29) is 5.75 Å². The third-order valence-electron chi connectivity index (χ3n) is 3.33. The fourth-order valence-electron chi connectivity index (χ4n) is 2.38. The summed E-state index contributed by atoms with van der Waals surface area (Å²) in [5.74, 6) is 0.755. The van der Waals surface area contributed by atoms with Crippen LogP contribution in [0.1, 0.15) is 29.9 Å².